The van der Waals surface area contributed by atoms with Gasteiger partial charge in [-0.15, -0.1) is 0 Å². The largest absolute Gasteiger partial charge is 0.331 e. The summed E-state index contributed by atoms with van der Waals surface area (Å²) in [5.41, 5.74) is 0.734. The molecule has 1 heterocycles. The topological polar surface area (TPSA) is 66.5 Å². The minimum Gasteiger partial charge on any atom is -0.277 e. The summed E-state index contributed by atoms with van der Waals surface area (Å²) in [6, 6.07) is 6.23. The fourth-order valence-corrected chi connectivity index (χ4v) is 2.40. The van der Waals surface area contributed by atoms with Gasteiger partial charge in [0.2, 0.25) is 11.8 Å². The van der Waals surface area contributed by atoms with Gasteiger partial charge in [0.15, 0.2) is 0 Å². The highest BCUT2D eigenvalue weighted by atomic mass is 35.5. The highest BCUT2D eigenvalue weighted by molar-refractivity contribution is 6.30. The Morgan fingerprint density at radius 2 is 2.00 bits per heavy atom. The highest BCUT2D eigenvalue weighted by Gasteiger charge is 2.41. The van der Waals surface area contributed by atoms with Gasteiger partial charge in [-0.05, 0) is 23.6 Å². The van der Waals surface area contributed by atoms with Crippen LogP contribution in [0.5, 0.6) is 0 Å². The lowest BCUT2D eigenvalue weighted by atomic mass is 9.92. The molecule has 0 bridgehead atoms. The average molecular weight is 295 g/mol. The van der Waals surface area contributed by atoms with Crippen LogP contribution in [0.4, 0.5) is 4.79 Å². The minimum absolute atomic E-state index is 0.0989. The van der Waals surface area contributed by atoms with Gasteiger partial charge in [0.25, 0.3) is 0 Å². The average Bonchev–Trinajstić information content (AvgIpc) is 2.33. The molecule has 0 saturated carbocycles. The lowest BCUT2D eigenvalue weighted by Gasteiger charge is -2.31. The smallest absolute Gasteiger partial charge is 0.277 e. The fourth-order valence-electron chi connectivity index (χ4n) is 2.19. The number of amides is 4. The van der Waals surface area contributed by atoms with E-state index in [0.29, 0.717) is 5.02 Å². The van der Waals surface area contributed by atoms with E-state index in [1.165, 1.54) is 0 Å². The molecule has 1 aliphatic rings. The van der Waals surface area contributed by atoms with E-state index in [4.69, 9.17) is 11.6 Å². The molecule has 1 aliphatic heterocycles. The highest BCUT2D eigenvalue weighted by Crippen LogP contribution is 2.21. The molecule has 1 aromatic rings. The van der Waals surface area contributed by atoms with Crippen LogP contribution in [-0.2, 0) is 16.1 Å². The van der Waals surface area contributed by atoms with Crippen LogP contribution in [0, 0.1) is 11.8 Å². The second-order valence-corrected chi connectivity index (χ2v) is 5.51. The number of hydrogen-bond donors (Lipinski definition) is 1. The van der Waals surface area contributed by atoms with Crippen molar-refractivity contribution >= 4 is 29.4 Å². The van der Waals surface area contributed by atoms with Gasteiger partial charge < -0.3 is 0 Å². The third-order valence-electron chi connectivity index (χ3n) is 3.19. The molecule has 1 fully saturated rings. The molecule has 0 radical (unpaired) electrons. The molecule has 106 valence electrons. The van der Waals surface area contributed by atoms with Crippen molar-refractivity contribution < 1.29 is 14.4 Å². The number of hydrogen-bond acceptors (Lipinski definition) is 3. The zero-order valence-electron chi connectivity index (χ0n) is 11.2. The van der Waals surface area contributed by atoms with Crippen LogP contribution in [-0.4, -0.2) is 22.7 Å². The quantitative estimate of drug-likeness (QED) is 0.869. The van der Waals surface area contributed by atoms with Gasteiger partial charge in [0.1, 0.15) is 5.92 Å². The number of halogens is 1. The van der Waals surface area contributed by atoms with E-state index >= 15 is 0 Å². The molecule has 1 saturated heterocycles. The molecule has 0 spiro atoms. The molecule has 20 heavy (non-hydrogen) atoms. The number of urea groups is 1. The summed E-state index contributed by atoms with van der Waals surface area (Å²) < 4.78 is 0. The van der Waals surface area contributed by atoms with Crippen LogP contribution < -0.4 is 5.32 Å². The van der Waals surface area contributed by atoms with Gasteiger partial charge in [-0.1, -0.05) is 37.6 Å². The zero-order chi connectivity index (χ0) is 14.9. The first kappa shape index (κ1) is 14.5. The lowest BCUT2D eigenvalue weighted by Crippen LogP contribution is -2.58. The van der Waals surface area contributed by atoms with Gasteiger partial charge >= 0.3 is 6.03 Å². The van der Waals surface area contributed by atoms with Gasteiger partial charge in [0, 0.05) is 5.02 Å². The molecule has 1 aromatic carbocycles. The molecule has 4 amide bonds. The summed E-state index contributed by atoms with van der Waals surface area (Å²) in [4.78, 5) is 36.9. The van der Waals surface area contributed by atoms with Crippen molar-refractivity contribution in [2.45, 2.75) is 20.4 Å². The predicted octanol–water partition coefficient (Wildman–Crippen LogP) is 2.19. The van der Waals surface area contributed by atoms with Crippen molar-refractivity contribution in [1.29, 1.82) is 0 Å². The van der Waals surface area contributed by atoms with E-state index in [2.05, 4.69) is 5.32 Å². The van der Waals surface area contributed by atoms with Crippen molar-refractivity contribution in [1.82, 2.24) is 10.2 Å². The maximum atomic E-state index is 12.3. The molecule has 6 heteroatoms. The number of barbiturate groups is 1. The van der Waals surface area contributed by atoms with Crippen LogP contribution >= 0.6 is 11.6 Å². The summed E-state index contributed by atoms with van der Waals surface area (Å²) in [5.74, 6) is -1.99. The van der Waals surface area contributed by atoms with Crippen LogP contribution in [0.3, 0.4) is 0 Å². The second-order valence-electron chi connectivity index (χ2n) is 5.07. The van der Waals surface area contributed by atoms with Gasteiger partial charge in [-0.25, -0.2) is 4.79 Å². The Hall–Kier alpha value is -1.88. The molecule has 2 rings (SSSR count). The van der Waals surface area contributed by atoms with Crippen LogP contribution in [0.15, 0.2) is 24.3 Å². The van der Waals surface area contributed by atoms with E-state index < -0.39 is 23.8 Å². The van der Waals surface area contributed by atoms with Crippen molar-refractivity contribution in [3.05, 3.63) is 34.9 Å². The third kappa shape index (κ3) is 2.82. The van der Waals surface area contributed by atoms with Gasteiger partial charge in [-0.3, -0.25) is 19.8 Å². The van der Waals surface area contributed by atoms with E-state index in [9.17, 15) is 14.4 Å². The van der Waals surface area contributed by atoms with Crippen molar-refractivity contribution in [3.63, 3.8) is 0 Å². The minimum atomic E-state index is -0.827. The zero-order valence-corrected chi connectivity index (χ0v) is 12.0. The third-order valence-corrected chi connectivity index (χ3v) is 3.42. The monoisotopic (exact) mass is 294 g/mol. The number of benzene rings is 1. The van der Waals surface area contributed by atoms with E-state index in [0.717, 1.165) is 10.5 Å². The fraction of sp³-hybridized carbons (Fsp3) is 0.357. The standard InChI is InChI=1S/C14H15ClN2O3/c1-8(2)11-12(18)16-14(20)17(13(11)19)7-9-4-3-5-10(15)6-9/h3-6,8,11H,7H2,1-2H3,(H,16,18,20). The molecule has 1 N–H and O–H groups in total. The molecule has 1 atom stereocenters. The van der Waals surface area contributed by atoms with E-state index in [-0.39, 0.29) is 12.5 Å². The normalized spacial score (nSPS) is 19.5. The number of nitrogens with one attached hydrogen (secondary N) is 1. The first-order chi connectivity index (χ1) is 9.40. The predicted molar refractivity (Wildman–Crippen MR) is 73.9 cm³/mol. The van der Waals surface area contributed by atoms with E-state index in [1.54, 1.807) is 38.1 Å². The molecular formula is C14H15ClN2O3. The number of rotatable bonds is 3. The Bertz CT molecular complexity index is 571. The summed E-state index contributed by atoms with van der Waals surface area (Å²) in [6.07, 6.45) is 0. The van der Waals surface area contributed by atoms with Crippen LogP contribution in [0.25, 0.3) is 0 Å². The Morgan fingerprint density at radius 3 is 2.60 bits per heavy atom. The Morgan fingerprint density at radius 1 is 1.30 bits per heavy atom. The summed E-state index contributed by atoms with van der Waals surface area (Å²) in [5, 5.41) is 2.75. The lowest BCUT2D eigenvalue weighted by molar-refractivity contribution is -0.144. The van der Waals surface area contributed by atoms with Gasteiger partial charge in [0.05, 0.1) is 6.54 Å². The number of nitrogens with zero attached hydrogens (tertiary/aromatic N) is 1. The maximum Gasteiger partial charge on any atom is 0.331 e. The molecular weight excluding hydrogens is 280 g/mol. The second kappa shape index (κ2) is 5.63. The Labute approximate surface area is 121 Å². The Kier molecular flexibility index (Phi) is 4.09. The summed E-state index contributed by atoms with van der Waals surface area (Å²) in [6.45, 7) is 3.65. The number of imide groups is 2. The summed E-state index contributed by atoms with van der Waals surface area (Å²) in [7, 11) is 0. The first-order valence-corrected chi connectivity index (χ1v) is 6.68. The molecule has 1 unspecified atom stereocenters. The SMILES string of the molecule is CC(C)C1C(=O)NC(=O)N(Cc2cccc(Cl)c2)C1=O. The van der Waals surface area contributed by atoms with Crippen molar-refractivity contribution in [2.75, 3.05) is 0 Å². The van der Waals surface area contributed by atoms with Crippen molar-refractivity contribution in [3.8, 4) is 0 Å². The molecule has 5 nitrogen and oxygen atoms in total. The molecule has 0 aromatic heterocycles. The summed E-state index contributed by atoms with van der Waals surface area (Å²) >= 11 is 5.88. The Balaban J connectivity index is 2.24. The maximum absolute atomic E-state index is 12.3. The number of carbonyl (C=O) groups is 3. The van der Waals surface area contributed by atoms with Crippen LogP contribution in [0.1, 0.15) is 19.4 Å². The van der Waals surface area contributed by atoms with Crippen molar-refractivity contribution in [2.24, 2.45) is 11.8 Å². The van der Waals surface area contributed by atoms with Crippen LogP contribution in [0.2, 0.25) is 5.02 Å². The number of carbonyl (C=O) groups excluding carboxylic acids is 3. The van der Waals surface area contributed by atoms with Gasteiger partial charge in [-0.2, -0.15) is 0 Å². The molecule has 0 aliphatic carbocycles. The van der Waals surface area contributed by atoms with E-state index in [1.807, 2.05) is 0 Å². The first-order valence-electron chi connectivity index (χ1n) is 6.31.